The molecule has 1 atom stereocenters. The van der Waals surface area contributed by atoms with Gasteiger partial charge in [-0.3, -0.25) is 4.79 Å². The Morgan fingerprint density at radius 2 is 2.07 bits per heavy atom. The first kappa shape index (κ1) is 10.7. The van der Waals surface area contributed by atoms with Gasteiger partial charge >= 0.3 is 0 Å². The van der Waals surface area contributed by atoms with E-state index in [-0.39, 0.29) is 0 Å². The Hall–Kier alpha value is -1.35. The third-order valence-electron chi connectivity index (χ3n) is 2.22. The number of carbonyl (C=O) groups excluding carboxylic acids is 1. The molecule has 0 aliphatic heterocycles. The fraction of sp³-hybridized carbons (Fsp3) is 0.364. The number of hydrogen-bond donors (Lipinski definition) is 2. The van der Waals surface area contributed by atoms with Crippen molar-refractivity contribution in [3.63, 3.8) is 0 Å². The Balaban J connectivity index is 3.00. The maximum absolute atomic E-state index is 11.0. The molecule has 0 saturated carbocycles. The van der Waals surface area contributed by atoms with Crippen LogP contribution >= 0.6 is 0 Å². The molecule has 0 aliphatic rings. The summed E-state index contributed by atoms with van der Waals surface area (Å²) in [5.41, 5.74) is 12.8. The monoisotopic (exact) mass is 192 g/mol. The lowest BCUT2D eigenvalue weighted by Gasteiger charge is -2.12. The quantitative estimate of drug-likeness (QED) is 0.750. The summed E-state index contributed by atoms with van der Waals surface area (Å²) in [5.74, 6) is -0.478. The van der Waals surface area contributed by atoms with Gasteiger partial charge in [-0.15, -0.1) is 0 Å². The molecule has 4 N–H and O–H groups in total. The van der Waals surface area contributed by atoms with E-state index in [2.05, 4.69) is 6.92 Å². The molecular formula is C11H16N2O. The molecule has 1 rings (SSSR count). The van der Waals surface area contributed by atoms with Crippen molar-refractivity contribution in [3.05, 3.63) is 35.4 Å². The standard InChI is InChI=1S/C11H16N2O/c1-2-5-8-6-3-4-7-9(8)10(12)11(13)14/h3-4,6-7,10H,2,5,12H2,1H3,(H2,13,14). The van der Waals surface area contributed by atoms with Crippen LogP contribution in [0.1, 0.15) is 30.5 Å². The molecule has 3 heteroatoms. The average Bonchev–Trinajstić information content (AvgIpc) is 2.18. The number of carbonyl (C=O) groups is 1. The van der Waals surface area contributed by atoms with E-state index in [1.807, 2.05) is 24.3 Å². The van der Waals surface area contributed by atoms with Gasteiger partial charge in [-0.05, 0) is 17.5 Å². The van der Waals surface area contributed by atoms with E-state index in [1.54, 1.807) is 0 Å². The second-order valence-corrected chi connectivity index (χ2v) is 3.33. The van der Waals surface area contributed by atoms with Gasteiger partial charge in [-0.1, -0.05) is 37.6 Å². The first-order valence-electron chi connectivity index (χ1n) is 4.79. The van der Waals surface area contributed by atoms with Crippen molar-refractivity contribution in [2.75, 3.05) is 0 Å². The molecule has 0 fully saturated rings. The number of amides is 1. The van der Waals surface area contributed by atoms with Gasteiger partial charge in [0.15, 0.2) is 0 Å². The lowest BCUT2D eigenvalue weighted by Crippen LogP contribution is -2.29. The molecule has 3 nitrogen and oxygen atoms in total. The van der Waals surface area contributed by atoms with Crippen molar-refractivity contribution in [2.45, 2.75) is 25.8 Å². The van der Waals surface area contributed by atoms with Crippen LogP contribution in [0.15, 0.2) is 24.3 Å². The summed E-state index contributed by atoms with van der Waals surface area (Å²) in [7, 11) is 0. The van der Waals surface area contributed by atoms with E-state index in [0.29, 0.717) is 0 Å². The zero-order valence-electron chi connectivity index (χ0n) is 8.36. The van der Waals surface area contributed by atoms with E-state index in [9.17, 15) is 4.79 Å². The second-order valence-electron chi connectivity index (χ2n) is 3.33. The van der Waals surface area contributed by atoms with Crippen molar-refractivity contribution >= 4 is 5.91 Å². The number of primary amides is 1. The van der Waals surface area contributed by atoms with Crippen molar-refractivity contribution in [1.29, 1.82) is 0 Å². The predicted molar refractivity (Wildman–Crippen MR) is 56.6 cm³/mol. The highest BCUT2D eigenvalue weighted by atomic mass is 16.1. The molecule has 0 aliphatic carbocycles. The Bertz CT molecular complexity index is 323. The lowest BCUT2D eigenvalue weighted by atomic mass is 9.97. The first-order valence-corrected chi connectivity index (χ1v) is 4.79. The first-order chi connectivity index (χ1) is 6.66. The van der Waals surface area contributed by atoms with Gasteiger partial charge < -0.3 is 11.5 Å². The smallest absolute Gasteiger partial charge is 0.238 e. The van der Waals surface area contributed by atoms with Crippen LogP contribution in [0, 0.1) is 0 Å². The number of nitrogens with two attached hydrogens (primary N) is 2. The highest BCUT2D eigenvalue weighted by Crippen LogP contribution is 2.17. The normalized spacial score (nSPS) is 12.4. The molecule has 0 radical (unpaired) electrons. The highest BCUT2D eigenvalue weighted by Gasteiger charge is 2.14. The van der Waals surface area contributed by atoms with E-state index in [0.717, 1.165) is 24.0 Å². The minimum absolute atomic E-state index is 0.478. The van der Waals surface area contributed by atoms with Gasteiger partial charge in [0.1, 0.15) is 6.04 Å². The molecule has 0 spiro atoms. The minimum Gasteiger partial charge on any atom is -0.368 e. The van der Waals surface area contributed by atoms with E-state index in [4.69, 9.17) is 11.5 Å². The van der Waals surface area contributed by atoms with Gasteiger partial charge in [-0.25, -0.2) is 0 Å². The Morgan fingerprint density at radius 1 is 1.43 bits per heavy atom. The number of hydrogen-bond acceptors (Lipinski definition) is 2. The summed E-state index contributed by atoms with van der Waals surface area (Å²) in [6.45, 7) is 2.09. The molecule has 1 amide bonds. The largest absolute Gasteiger partial charge is 0.368 e. The van der Waals surface area contributed by atoms with Gasteiger partial charge in [0.05, 0.1) is 0 Å². The van der Waals surface area contributed by atoms with Crippen LogP contribution in [0.4, 0.5) is 0 Å². The van der Waals surface area contributed by atoms with Crippen molar-refractivity contribution < 1.29 is 4.79 Å². The summed E-state index contributed by atoms with van der Waals surface area (Å²) in [6.07, 6.45) is 1.96. The minimum atomic E-state index is -0.683. The third kappa shape index (κ3) is 2.33. The van der Waals surface area contributed by atoms with Crippen LogP contribution in [0.25, 0.3) is 0 Å². The van der Waals surface area contributed by atoms with Crippen LogP contribution in [0.5, 0.6) is 0 Å². The summed E-state index contributed by atoms with van der Waals surface area (Å²) < 4.78 is 0. The number of rotatable bonds is 4. The summed E-state index contributed by atoms with van der Waals surface area (Å²) >= 11 is 0. The summed E-state index contributed by atoms with van der Waals surface area (Å²) in [5, 5.41) is 0. The van der Waals surface area contributed by atoms with E-state index in [1.165, 1.54) is 0 Å². The molecule has 1 unspecified atom stereocenters. The second kappa shape index (κ2) is 4.77. The van der Waals surface area contributed by atoms with Gasteiger partial charge in [0, 0.05) is 0 Å². The fourth-order valence-electron chi connectivity index (χ4n) is 1.49. The molecule has 0 saturated heterocycles. The highest BCUT2D eigenvalue weighted by molar-refractivity contribution is 5.81. The average molecular weight is 192 g/mol. The zero-order chi connectivity index (χ0) is 10.6. The van der Waals surface area contributed by atoms with Crippen LogP contribution in [-0.2, 0) is 11.2 Å². The lowest BCUT2D eigenvalue weighted by molar-refractivity contribution is -0.119. The van der Waals surface area contributed by atoms with Crippen LogP contribution in [0.3, 0.4) is 0 Å². The Kier molecular flexibility index (Phi) is 3.65. The SMILES string of the molecule is CCCc1ccccc1C(N)C(N)=O. The van der Waals surface area contributed by atoms with Crippen molar-refractivity contribution in [2.24, 2.45) is 11.5 Å². The molecule has 0 aromatic heterocycles. The maximum Gasteiger partial charge on any atom is 0.238 e. The molecule has 0 heterocycles. The summed E-state index contributed by atoms with van der Waals surface area (Å²) in [4.78, 5) is 11.0. The Morgan fingerprint density at radius 3 is 2.64 bits per heavy atom. The van der Waals surface area contributed by atoms with Crippen LogP contribution < -0.4 is 11.5 Å². The van der Waals surface area contributed by atoms with Crippen molar-refractivity contribution in [1.82, 2.24) is 0 Å². The van der Waals surface area contributed by atoms with Gasteiger partial charge in [-0.2, -0.15) is 0 Å². The molecule has 1 aromatic rings. The number of aryl methyl sites for hydroxylation is 1. The topological polar surface area (TPSA) is 69.1 Å². The van der Waals surface area contributed by atoms with Crippen LogP contribution in [0.2, 0.25) is 0 Å². The Labute approximate surface area is 84.1 Å². The zero-order valence-corrected chi connectivity index (χ0v) is 8.36. The van der Waals surface area contributed by atoms with Gasteiger partial charge in [0.2, 0.25) is 5.91 Å². The van der Waals surface area contributed by atoms with E-state index < -0.39 is 11.9 Å². The predicted octanol–water partition coefficient (Wildman–Crippen LogP) is 1.12. The number of benzene rings is 1. The summed E-state index contributed by atoms with van der Waals surface area (Å²) in [6, 6.07) is 6.99. The van der Waals surface area contributed by atoms with Crippen molar-refractivity contribution in [3.8, 4) is 0 Å². The van der Waals surface area contributed by atoms with E-state index >= 15 is 0 Å². The third-order valence-corrected chi connectivity index (χ3v) is 2.22. The molecule has 0 bridgehead atoms. The fourth-order valence-corrected chi connectivity index (χ4v) is 1.49. The van der Waals surface area contributed by atoms with Crippen LogP contribution in [-0.4, -0.2) is 5.91 Å². The molecule has 76 valence electrons. The molecular weight excluding hydrogens is 176 g/mol. The molecule has 14 heavy (non-hydrogen) atoms. The van der Waals surface area contributed by atoms with Gasteiger partial charge in [0.25, 0.3) is 0 Å². The maximum atomic E-state index is 11.0. The molecule has 1 aromatic carbocycles.